The molecule has 2 aromatic rings. The molecule has 0 saturated heterocycles. The van der Waals surface area contributed by atoms with Gasteiger partial charge in [0.15, 0.2) is 6.04 Å². The predicted molar refractivity (Wildman–Crippen MR) is 97.0 cm³/mol. The zero-order chi connectivity index (χ0) is 18.2. The van der Waals surface area contributed by atoms with E-state index in [1.165, 1.54) is 7.11 Å². The molecule has 5 nitrogen and oxygen atoms in total. The lowest BCUT2D eigenvalue weighted by molar-refractivity contribution is -0.140. The van der Waals surface area contributed by atoms with Gasteiger partial charge in [-0.05, 0) is 31.2 Å². The Morgan fingerprint density at radius 2 is 1.76 bits per heavy atom. The molecule has 0 heterocycles. The van der Waals surface area contributed by atoms with E-state index in [2.05, 4.69) is 17.2 Å². The SMILES string of the molecule is COC(=O)[C@@H](C#Cc1ccc(C)cc1)Nc1cc(OC)ccc1OC. The van der Waals surface area contributed by atoms with Crippen molar-refractivity contribution < 1.29 is 19.0 Å². The monoisotopic (exact) mass is 339 g/mol. The van der Waals surface area contributed by atoms with E-state index in [0.717, 1.165) is 11.1 Å². The highest BCUT2D eigenvalue weighted by molar-refractivity contribution is 5.84. The van der Waals surface area contributed by atoms with E-state index >= 15 is 0 Å². The summed E-state index contributed by atoms with van der Waals surface area (Å²) >= 11 is 0. The molecule has 0 fully saturated rings. The van der Waals surface area contributed by atoms with Gasteiger partial charge in [0.05, 0.1) is 27.0 Å². The number of esters is 1. The molecule has 1 N–H and O–H groups in total. The van der Waals surface area contributed by atoms with Gasteiger partial charge in [0.2, 0.25) is 0 Å². The van der Waals surface area contributed by atoms with E-state index in [0.29, 0.717) is 17.2 Å². The van der Waals surface area contributed by atoms with E-state index in [9.17, 15) is 4.79 Å². The summed E-state index contributed by atoms with van der Waals surface area (Å²) in [5.74, 6) is 6.63. The number of anilines is 1. The summed E-state index contributed by atoms with van der Waals surface area (Å²) in [4.78, 5) is 12.1. The van der Waals surface area contributed by atoms with Gasteiger partial charge in [0, 0.05) is 11.6 Å². The van der Waals surface area contributed by atoms with Crippen LogP contribution >= 0.6 is 0 Å². The van der Waals surface area contributed by atoms with Gasteiger partial charge in [-0.25, -0.2) is 4.79 Å². The smallest absolute Gasteiger partial charge is 0.341 e. The maximum absolute atomic E-state index is 12.1. The Morgan fingerprint density at radius 1 is 1.04 bits per heavy atom. The van der Waals surface area contributed by atoms with Gasteiger partial charge in [-0.3, -0.25) is 0 Å². The zero-order valence-corrected chi connectivity index (χ0v) is 14.8. The fourth-order valence-electron chi connectivity index (χ4n) is 2.15. The minimum absolute atomic E-state index is 0.482. The molecule has 0 aromatic heterocycles. The number of methoxy groups -OCH3 is 3. The maximum Gasteiger partial charge on any atom is 0.341 e. The minimum atomic E-state index is -0.840. The molecule has 2 rings (SSSR count). The van der Waals surface area contributed by atoms with E-state index in [-0.39, 0.29) is 0 Å². The Kier molecular flexibility index (Phi) is 6.30. The molecule has 0 saturated carbocycles. The van der Waals surface area contributed by atoms with Crippen LogP contribution in [-0.4, -0.2) is 33.3 Å². The molecule has 0 spiro atoms. The van der Waals surface area contributed by atoms with Gasteiger partial charge in [0.1, 0.15) is 11.5 Å². The van der Waals surface area contributed by atoms with Crippen LogP contribution in [0.15, 0.2) is 42.5 Å². The first-order chi connectivity index (χ1) is 12.1. The second kappa shape index (κ2) is 8.65. The van der Waals surface area contributed by atoms with Crippen molar-refractivity contribution in [2.24, 2.45) is 0 Å². The van der Waals surface area contributed by atoms with Crippen molar-refractivity contribution in [2.45, 2.75) is 13.0 Å². The van der Waals surface area contributed by atoms with Crippen LogP contribution in [0.4, 0.5) is 5.69 Å². The molecule has 25 heavy (non-hydrogen) atoms. The summed E-state index contributed by atoms with van der Waals surface area (Å²) in [6.07, 6.45) is 0. The average Bonchev–Trinajstić information content (AvgIpc) is 2.65. The summed E-state index contributed by atoms with van der Waals surface area (Å²) in [5.41, 5.74) is 2.56. The van der Waals surface area contributed by atoms with Crippen LogP contribution in [0, 0.1) is 18.8 Å². The van der Waals surface area contributed by atoms with E-state index in [1.54, 1.807) is 32.4 Å². The summed E-state index contributed by atoms with van der Waals surface area (Å²) < 4.78 is 15.4. The Hall–Kier alpha value is -3.13. The highest BCUT2D eigenvalue weighted by Crippen LogP contribution is 2.29. The van der Waals surface area contributed by atoms with Crippen molar-refractivity contribution in [2.75, 3.05) is 26.6 Å². The summed E-state index contributed by atoms with van der Waals surface area (Å²) in [6, 6.07) is 12.2. The predicted octanol–water partition coefficient (Wildman–Crippen LogP) is 3.02. The first-order valence-corrected chi connectivity index (χ1v) is 7.72. The Morgan fingerprint density at radius 3 is 2.36 bits per heavy atom. The molecule has 0 aliphatic carbocycles. The lowest BCUT2D eigenvalue weighted by atomic mass is 10.1. The fourth-order valence-corrected chi connectivity index (χ4v) is 2.15. The van der Waals surface area contributed by atoms with Gasteiger partial charge >= 0.3 is 5.97 Å². The highest BCUT2D eigenvalue weighted by Gasteiger charge is 2.18. The van der Waals surface area contributed by atoms with E-state index < -0.39 is 12.0 Å². The van der Waals surface area contributed by atoms with Crippen LogP contribution in [0.25, 0.3) is 0 Å². The molecule has 0 bridgehead atoms. The number of ether oxygens (including phenoxy) is 3. The first kappa shape index (κ1) is 18.2. The van der Waals surface area contributed by atoms with Gasteiger partial charge in [-0.15, -0.1) is 0 Å². The van der Waals surface area contributed by atoms with Crippen molar-refractivity contribution in [3.05, 3.63) is 53.6 Å². The second-order valence-electron chi connectivity index (χ2n) is 5.30. The zero-order valence-electron chi connectivity index (χ0n) is 14.8. The van der Waals surface area contributed by atoms with Crippen LogP contribution in [0.2, 0.25) is 0 Å². The van der Waals surface area contributed by atoms with Gasteiger partial charge < -0.3 is 19.5 Å². The summed E-state index contributed by atoms with van der Waals surface area (Å²) in [5, 5.41) is 3.05. The molecular formula is C20H21NO4. The Labute approximate surface area is 147 Å². The van der Waals surface area contributed by atoms with E-state index in [4.69, 9.17) is 14.2 Å². The number of nitrogens with one attached hydrogen (secondary N) is 1. The van der Waals surface area contributed by atoms with Crippen LogP contribution in [-0.2, 0) is 9.53 Å². The lowest BCUT2D eigenvalue weighted by Gasteiger charge is -2.16. The third-order valence-electron chi connectivity index (χ3n) is 3.56. The molecular weight excluding hydrogens is 318 g/mol. The van der Waals surface area contributed by atoms with Crippen LogP contribution in [0.1, 0.15) is 11.1 Å². The fraction of sp³-hybridized carbons (Fsp3) is 0.250. The standard InChI is InChI=1S/C20H21NO4/c1-14-5-7-15(8-6-14)9-11-17(20(22)25-4)21-18-13-16(23-2)10-12-19(18)24-3/h5-8,10,12-13,17,21H,1-4H3/t17-/m1/s1. The van der Waals surface area contributed by atoms with Crippen molar-refractivity contribution in [1.29, 1.82) is 0 Å². The largest absolute Gasteiger partial charge is 0.497 e. The topological polar surface area (TPSA) is 56.8 Å². The normalized spacial score (nSPS) is 10.9. The van der Waals surface area contributed by atoms with Crippen LogP contribution < -0.4 is 14.8 Å². The molecule has 0 radical (unpaired) electrons. The third kappa shape index (κ3) is 4.92. The van der Waals surface area contributed by atoms with Crippen LogP contribution in [0.5, 0.6) is 11.5 Å². The number of carbonyl (C=O) groups is 1. The number of hydrogen-bond acceptors (Lipinski definition) is 5. The average molecular weight is 339 g/mol. The van der Waals surface area contributed by atoms with Crippen molar-refractivity contribution in [1.82, 2.24) is 0 Å². The second-order valence-corrected chi connectivity index (χ2v) is 5.30. The first-order valence-electron chi connectivity index (χ1n) is 7.72. The van der Waals surface area contributed by atoms with Crippen LogP contribution in [0.3, 0.4) is 0 Å². The van der Waals surface area contributed by atoms with Crippen molar-refractivity contribution in [3.8, 4) is 23.3 Å². The number of rotatable bonds is 5. The summed E-state index contributed by atoms with van der Waals surface area (Å²) in [6.45, 7) is 2.01. The minimum Gasteiger partial charge on any atom is -0.497 e. The van der Waals surface area contributed by atoms with Gasteiger partial charge in [0.25, 0.3) is 0 Å². The Bertz CT molecular complexity index is 788. The summed E-state index contributed by atoms with van der Waals surface area (Å²) in [7, 11) is 4.45. The lowest BCUT2D eigenvalue weighted by Crippen LogP contribution is -2.29. The highest BCUT2D eigenvalue weighted by atomic mass is 16.5. The number of carbonyl (C=O) groups excluding carboxylic acids is 1. The molecule has 0 aliphatic heterocycles. The molecule has 5 heteroatoms. The quantitative estimate of drug-likeness (QED) is 0.670. The maximum atomic E-state index is 12.1. The number of hydrogen-bond donors (Lipinski definition) is 1. The third-order valence-corrected chi connectivity index (χ3v) is 3.56. The number of benzene rings is 2. The van der Waals surface area contributed by atoms with Gasteiger partial charge in [-0.2, -0.15) is 0 Å². The van der Waals surface area contributed by atoms with Crippen molar-refractivity contribution >= 4 is 11.7 Å². The molecule has 0 amide bonds. The van der Waals surface area contributed by atoms with Gasteiger partial charge in [-0.1, -0.05) is 29.5 Å². The molecule has 0 aliphatic rings. The Balaban J connectivity index is 2.30. The molecule has 2 aromatic carbocycles. The van der Waals surface area contributed by atoms with Crippen molar-refractivity contribution in [3.63, 3.8) is 0 Å². The van der Waals surface area contributed by atoms with E-state index in [1.807, 2.05) is 31.2 Å². The molecule has 0 unspecified atom stereocenters. The molecule has 130 valence electrons. The number of aryl methyl sites for hydroxylation is 1. The molecule has 1 atom stereocenters.